The van der Waals surface area contributed by atoms with Crippen LogP contribution in [0.15, 0.2) is 28.1 Å². The van der Waals surface area contributed by atoms with E-state index in [-0.39, 0.29) is 5.92 Å². The predicted octanol–water partition coefficient (Wildman–Crippen LogP) is 3.91. The summed E-state index contributed by atoms with van der Waals surface area (Å²) in [6, 6.07) is 3.52. The standard InChI is InChI=1S/C15H19F2N3S/c1-4-20-13(8-18)19-14(9(2)3)15(20)21-12-6-10(16)5-11(17)7-12/h5-7,9H,4,8,18H2,1-3H3. The normalized spacial score (nSPS) is 11.4. The lowest BCUT2D eigenvalue weighted by Crippen LogP contribution is -2.07. The van der Waals surface area contributed by atoms with Crippen LogP contribution < -0.4 is 5.73 Å². The van der Waals surface area contributed by atoms with E-state index < -0.39 is 11.6 Å². The van der Waals surface area contributed by atoms with Crippen LogP contribution in [0.1, 0.15) is 38.2 Å². The molecule has 0 aliphatic rings. The highest BCUT2D eigenvalue weighted by Gasteiger charge is 2.19. The molecule has 0 unspecified atom stereocenters. The SMILES string of the molecule is CCn1c(CN)nc(C(C)C)c1Sc1cc(F)cc(F)c1. The number of aromatic nitrogens is 2. The fraction of sp³-hybridized carbons (Fsp3) is 0.400. The van der Waals surface area contributed by atoms with Gasteiger partial charge in [-0.05, 0) is 25.0 Å². The van der Waals surface area contributed by atoms with Crippen LogP contribution in [0.25, 0.3) is 0 Å². The first-order valence-electron chi connectivity index (χ1n) is 6.89. The number of benzene rings is 1. The van der Waals surface area contributed by atoms with Gasteiger partial charge < -0.3 is 10.3 Å². The van der Waals surface area contributed by atoms with Crippen LogP contribution in [0.2, 0.25) is 0 Å². The molecule has 0 fully saturated rings. The summed E-state index contributed by atoms with van der Waals surface area (Å²) in [5.74, 6) is -0.153. The fourth-order valence-corrected chi connectivity index (χ4v) is 3.46. The Labute approximate surface area is 127 Å². The van der Waals surface area contributed by atoms with Gasteiger partial charge in [0.05, 0.1) is 12.2 Å². The summed E-state index contributed by atoms with van der Waals surface area (Å²) in [5, 5.41) is 0.901. The third kappa shape index (κ3) is 3.44. The van der Waals surface area contributed by atoms with Crippen molar-refractivity contribution in [1.29, 1.82) is 0 Å². The van der Waals surface area contributed by atoms with Crippen LogP contribution in [-0.4, -0.2) is 9.55 Å². The number of hydrogen-bond donors (Lipinski definition) is 1. The molecule has 1 aromatic carbocycles. The molecule has 0 radical (unpaired) electrons. The number of nitrogens with zero attached hydrogens (tertiary/aromatic N) is 2. The number of halogens is 2. The molecule has 1 aromatic heterocycles. The third-order valence-corrected chi connectivity index (χ3v) is 4.22. The Morgan fingerprint density at radius 2 is 1.86 bits per heavy atom. The first-order valence-corrected chi connectivity index (χ1v) is 7.71. The molecular formula is C15H19F2N3S. The maximum Gasteiger partial charge on any atom is 0.127 e. The van der Waals surface area contributed by atoms with Crippen molar-refractivity contribution in [3.05, 3.63) is 41.4 Å². The molecule has 0 saturated carbocycles. The highest BCUT2D eigenvalue weighted by molar-refractivity contribution is 7.99. The first kappa shape index (κ1) is 16.0. The monoisotopic (exact) mass is 311 g/mol. The molecule has 2 N–H and O–H groups in total. The average molecular weight is 311 g/mol. The van der Waals surface area contributed by atoms with Gasteiger partial charge in [0.2, 0.25) is 0 Å². The lowest BCUT2D eigenvalue weighted by Gasteiger charge is -2.11. The lowest BCUT2D eigenvalue weighted by atomic mass is 10.1. The van der Waals surface area contributed by atoms with Crippen molar-refractivity contribution in [2.75, 3.05) is 0 Å². The van der Waals surface area contributed by atoms with Gasteiger partial charge in [-0.25, -0.2) is 13.8 Å². The van der Waals surface area contributed by atoms with Crippen molar-refractivity contribution in [3.8, 4) is 0 Å². The Morgan fingerprint density at radius 3 is 2.33 bits per heavy atom. The molecule has 0 spiro atoms. The Balaban J connectivity index is 2.48. The van der Waals surface area contributed by atoms with Crippen molar-refractivity contribution < 1.29 is 8.78 Å². The largest absolute Gasteiger partial charge is 0.324 e. The van der Waals surface area contributed by atoms with E-state index in [1.54, 1.807) is 0 Å². The molecule has 0 aliphatic carbocycles. The maximum absolute atomic E-state index is 13.3. The smallest absolute Gasteiger partial charge is 0.127 e. The van der Waals surface area contributed by atoms with E-state index in [9.17, 15) is 8.78 Å². The van der Waals surface area contributed by atoms with Gasteiger partial charge in [-0.3, -0.25) is 0 Å². The van der Waals surface area contributed by atoms with Gasteiger partial charge in [-0.15, -0.1) is 0 Å². The molecule has 3 nitrogen and oxygen atoms in total. The van der Waals surface area contributed by atoms with Crippen LogP contribution in [0, 0.1) is 11.6 Å². The third-order valence-electron chi connectivity index (χ3n) is 3.12. The predicted molar refractivity (Wildman–Crippen MR) is 80.4 cm³/mol. The topological polar surface area (TPSA) is 43.8 Å². The summed E-state index contributed by atoms with van der Waals surface area (Å²) in [4.78, 5) is 5.09. The zero-order chi connectivity index (χ0) is 15.6. The Morgan fingerprint density at radius 1 is 1.24 bits per heavy atom. The molecule has 0 amide bonds. The molecule has 2 aromatic rings. The summed E-state index contributed by atoms with van der Waals surface area (Å²) in [7, 11) is 0. The van der Waals surface area contributed by atoms with E-state index >= 15 is 0 Å². The van der Waals surface area contributed by atoms with E-state index in [0.29, 0.717) is 18.0 Å². The van der Waals surface area contributed by atoms with E-state index in [1.807, 2.05) is 25.3 Å². The highest BCUT2D eigenvalue weighted by atomic mass is 32.2. The van der Waals surface area contributed by atoms with Gasteiger partial charge >= 0.3 is 0 Å². The van der Waals surface area contributed by atoms with Gasteiger partial charge in [0, 0.05) is 17.5 Å². The summed E-state index contributed by atoms with van der Waals surface area (Å²) < 4.78 is 28.7. The molecule has 21 heavy (non-hydrogen) atoms. The van der Waals surface area contributed by atoms with Crippen LogP contribution >= 0.6 is 11.8 Å². The molecule has 0 aliphatic heterocycles. The lowest BCUT2D eigenvalue weighted by molar-refractivity contribution is 0.577. The van der Waals surface area contributed by atoms with Gasteiger partial charge in [0.25, 0.3) is 0 Å². The number of nitrogens with two attached hydrogens (primary N) is 1. The summed E-state index contributed by atoms with van der Waals surface area (Å²) in [6.45, 7) is 7.14. The molecule has 114 valence electrons. The Hall–Kier alpha value is -1.40. The highest BCUT2D eigenvalue weighted by Crippen LogP contribution is 2.35. The molecule has 6 heteroatoms. The van der Waals surface area contributed by atoms with Gasteiger partial charge in [-0.1, -0.05) is 25.6 Å². The minimum Gasteiger partial charge on any atom is -0.324 e. The number of imidazole rings is 1. The average Bonchev–Trinajstić information content (AvgIpc) is 2.75. The Bertz CT molecular complexity index is 618. The van der Waals surface area contributed by atoms with Crippen LogP contribution in [0.5, 0.6) is 0 Å². The van der Waals surface area contributed by atoms with E-state index in [2.05, 4.69) is 4.98 Å². The van der Waals surface area contributed by atoms with Crippen molar-refractivity contribution in [1.82, 2.24) is 9.55 Å². The second-order valence-corrected chi connectivity index (χ2v) is 6.09. The Kier molecular flexibility index (Phi) is 5.00. The number of rotatable bonds is 5. The van der Waals surface area contributed by atoms with E-state index in [4.69, 9.17) is 5.73 Å². The van der Waals surface area contributed by atoms with Crippen LogP contribution in [0.4, 0.5) is 8.78 Å². The van der Waals surface area contributed by atoms with Crippen molar-refractivity contribution in [2.24, 2.45) is 5.73 Å². The molecular weight excluding hydrogens is 292 g/mol. The van der Waals surface area contributed by atoms with Crippen molar-refractivity contribution in [2.45, 2.75) is 49.7 Å². The quantitative estimate of drug-likeness (QED) is 0.910. The molecule has 0 bridgehead atoms. The van der Waals surface area contributed by atoms with Crippen molar-refractivity contribution in [3.63, 3.8) is 0 Å². The van der Waals surface area contributed by atoms with Crippen LogP contribution in [-0.2, 0) is 13.1 Å². The number of hydrogen-bond acceptors (Lipinski definition) is 3. The zero-order valence-corrected chi connectivity index (χ0v) is 13.2. The first-order chi connectivity index (χ1) is 9.96. The minimum atomic E-state index is -0.579. The summed E-state index contributed by atoms with van der Waals surface area (Å²) in [5.41, 5.74) is 6.65. The van der Waals surface area contributed by atoms with Gasteiger partial charge in [0.15, 0.2) is 0 Å². The molecule has 1 heterocycles. The van der Waals surface area contributed by atoms with Gasteiger partial charge in [0.1, 0.15) is 22.5 Å². The van der Waals surface area contributed by atoms with E-state index in [0.717, 1.165) is 22.6 Å². The maximum atomic E-state index is 13.3. The second kappa shape index (κ2) is 6.58. The fourth-order valence-electron chi connectivity index (χ4n) is 2.17. The summed E-state index contributed by atoms with van der Waals surface area (Å²) in [6.07, 6.45) is 0. The molecule has 0 saturated heterocycles. The minimum absolute atomic E-state index is 0.212. The molecule has 2 rings (SSSR count). The van der Waals surface area contributed by atoms with Crippen molar-refractivity contribution >= 4 is 11.8 Å². The zero-order valence-electron chi connectivity index (χ0n) is 12.4. The second-order valence-electron chi connectivity index (χ2n) is 5.03. The van der Waals surface area contributed by atoms with E-state index in [1.165, 1.54) is 23.9 Å². The molecule has 0 atom stereocenters. The van der Waals surface area contributed by atoms with Crippen LogP contribution in [0.3, 0.4) is 0 Å². The summed E-state index contributed by atoms with van der Waals surface area (Å²) >= 11 is 1.32. The van der Waals surface area contributed by atoms with Gasteiger partial charge in [-0.2, -0.15) is 0 Å².